The molecule has 0 aliphatic heterocycles. The zero-order valence-corrected chi connectivity index (χ0v) is 41.0. The van der Waals surface area contributed by atoms with Gasteiger partial charge in [-0.25, -0.2) is 0 Å². The van der Waals surface area contributed by atoms with Crippen LogP contribution in [-0.4, -0.2) is 9.52 Å². The molecule has 2 radical (unpaired) electrons. The predicted octanol–water partition coefficient (Wildman–Crippen LogP) is 16.4. The fraction of sp³-hybridized carbons (Fsp3) is 0.400. The Morgan fingerprint density at radius 3 is 0.963 bits per heavy atom. The molecule has 0 spiro atoms. The summed E-state index contributed by atoms with van der Waals surface area (Å²) in [6.45, 7) is 36.2. The van der Waals surface area contributed by atoms with Crippen molar-refractivity contribution in [3.63, 3.8) is 0 Å². The van der Waals surface area contributed by atoms with Gasteiger partial charge in [-0.3, -0.25) is 0 Å². The Bertz CT molecular complexity index is 1900. The molecule has 0 aliphatic carbocycles. The van der Waals surface area contributed by atoms with Crippen LogP contribution < -0.4 is 0 Å². The van der Waals surface area contributed by atoms with Gasteiger partial charge >= 0.3 is 37.9 Å². The van der Waals surface area contributed by atoms with Crippen molar-refractivity contribution in [3.8, 4) is 22.3 Å². The third-order valence-electron chi connectivity index (χ3n) is 9.74. The van der Waals surface area contributed by atoms with Crippen LogP contribution in [0.15, 0.2) is 97.1 Å². The van der Waals surface area contributed by atoms with Gasteiger partial charge in [0.15, 0.2) is 0 Å². The average molecular weight is 855 g/mol. The van der Waals surface area contributed by atoms with Gasteiger partial charge in [-0.1, -0.05) is 170 Å². The Balaban J connectivity index is 0.000000254. The van der Waals surface area contributed by atoms with Crippen molar-refractivity contribution in [1.29, 1.82) is 0 Å². The number of aryl methyl sites for hydroxylation is 2. The van der Waals surface area contributed by atoms with E-state index in [1.165, 1.54) is 77.2 Å². The van der Waals surface area contributed by atoms with Gasteiger partial charge in [0.1, 0.15) is 0 Å². The average Bonchev–Trinajstić information content (AvgIpc) is 3.64. The summed E-state index contributed by atoms with van der Waals surface area (Å²) in [7, 11) is 11.0. The number of fused-ring (bicyclic) bond motifs is 2. The van der Waals surface area contributed by atoms with Crippen LogP contribution in [0.5, 0.6) is 0 Å². The van der Waals surface area contributed by atoms with Gasteiger partial charge in [0.25, 0.3) is 0 Å². The van der Waals surface area contributed by atoms with Crippen molar-refractivity contribution in [2.24, 2.45) is 0 Å². The topological polar surface area (TPSA) is 0 Å². The Morgan fingerprint density at radius 2 is 0.722 bits per heavy atom. The molecule has 0 heterocycles. The molecule has 6 aromatic carbocycles. The molecular weight excluding hydrogens is 791 g/mol. The minimum atomic E-state index is -0.826. The predicted molar refractivity (Wildman–Crippen MR) is 243 cm³/mol. The number of halogens is 2. The molecule has 286 valence electrons. The molecule has 4 heteroatoms. The van der Waals surface area contributed by atoms with Crippen molar-refractivity contribution in [1.82, 2.24) is 0 Å². The molecule has 0 aromatic heterocycles. The summed E-state index contributed by atoms with van der Waals surface area (Å²) in [4.78, 5) is 0. The Kier molecular flexibility index (Phi) is 16.1. The summed E-state index contributed by atoms with van der Waals surface area (Å²) < 4.78 is 0. The Hall–Kier alpha value is -2.22. The molecule has 0 aliphatic rings. The summed E-state index contributed by atoms with van der Waals surface area (Å²) in [6, 6.07) is 36.8. The molecule has 0 fully saturated rings. The first-order valence-electron chi connectivity index (χ1n) is 19.1. The first-order chi connectivity index (χ1) is 24.9. The first kappa shape index (κ1) is 46.2. The van der Waals surface area contributed by atoms with Crippen LogP contribution in [0.25, 0.3) is 43.8 Å². The molecule has 0 unspecified atom stereocenters. The summed E-state index contributed by atoms with van der Waals surface area (Å²) in [5.74, 6) is 0. The first-order valence-corrected chi connectivity index (χ1v) is 27.5. The van der Waals surface area contributed by atoms with E-state index < -0.39 is 20.8 Å². The second-order valence-electron chi connectivity index (χ2n) is 18.9. The molecular formula is C50H64Cl2SiZr. The molecule has 0 N–H and O–H groups in total. The van der Waals surface area contributed by atoms with Crippen molar-refractivity contribution >= 4 is 48.1 Å². The van der Waals surface area contributed by atoms with E-state index in [2.05, 4.69) is 207 Å². The molecule has 0 bridgehead atoms. The fourth-order valence-corrected chi connectivity index (χ4v) is 6.57. The number of rotatable bonds is 2. The van der Waals surface area contributed by atoms with E-state index in [0.717, 1.165) is 9.52 Å². The van der Waals surface area contributed by atoms with Gasteiger partial charge in [-0.05, 0) is 55.0 Å². The van der Waals surface area contributed by atoms with Crippen LogP contribution in [0, 0.1) is 13.8 Å². The number of hydrogen-bond acceptors (Lipinski definition) is 0. The molecule has 0 atom stereocenters. The molecule has 6 aromatic rings. The normalized spacial score (nSPS) is 11.9. The molecule has 0 saturated carbocycles. The van der Waals surface area contributed by atoms with Gasteiger partial charge in [0.2, 0.25) is 0 Å². The van der Waals surface area contributed by atoms with Crippen LogP contribution in [0.2, 0.25) is 13.1 Å². The summed E-state index contributed by atoms with van der Waals surface area (Å²) >= 11 is -0.826. The summed E-state index contributed by atoms with van der Waals surface area (Å²) in [6.07, 6.45) is 0. The van der Waals surface area contributed by atoms with Crippen molar-refractivity contribution in [3.05, 3.63) is 130 Å². The van der Waals surface area contributed by atoms with E-state index in [4.69, 9.17) is 17.0 Å². The summed E-state index contributed by atoms with van der Waals surface area (Å²) in [5, 5.41) is 5.40. The third-order valence-corrected chi connectivity index (χ3v) is 9.74. The van der Waals surface area contributed by atoms with Gasteiger partial charge in [-0.2, -0.15) is 12.1 Å². The van der Waals surface area contributed by atoms with Gasteiger partial charge in [0, 0.05) is 9.52 Å². The zero-order chi connectivity index (χ0) is 40.8. The van der Waals surface area contributed by atoms with E-state index in [-0.39, 0.29) is 21.7 Å². The summed E-state index contributed by atoms with van der Waals surface area (Å²) in [5.41, 5.74) is 14.2. The standard InChI is InChI=1S/2C24H29.C2H6Si.2ClH.Zr/c2*1-16-11-17-9-8-10-21(22(17)12-16)18-13-19(23(2,3)4)15-20(14-18)24(5,6)7;1-3-2;;;/h2*8-15H,1-7H3;1-2H3;2*1H;/q2*-1;;;;+4/p-2. The SMILES string of the molecule is C[Si]C.Cc1cc2c(-c3cc(C(C)(C)C)cc(C(C)(C)C)c3)cccc2[cH-]1.Cc1cc2c(-c3cc(C(C)(C)C)cc(C(C)(C)C)c3)cccc2[cH-]1.[Cl][Zr+2][Cl]. The zero-order valence-electron chi connectivity index (χ0n) is 36.0. The maximum absolute atomic E-state index is 4.93. The van der Waals surface area contributed by atoms with Crippen molar-refractivity contribution in [2.45, 2.75) is 132 Å². The van der Waals surface area contributed by atoms with Crippen LogP contribution in [0.1, 0.15) is 116 Å². The van der Waals surface area contributed by atoms with E-state index >= 15 is 0 Å². The number of benzene rings is 4. The van der Waals surface area contributed by atoms with E-state index in [1.54, 1.807) is 0 Å². The second kappa shape index (κ2) is 18.8. The van der Waals surface area contributed by atoms with E-state index in [0.29, 0.717) is 0 Å². The fourth-order valence-electron chi connectivity index (χ4n) is 6.57. The van der Waals surface area contributed by atoms with Crippen LogP contribution in [0.3, 0.4) is 0 Å². The minimum absolute atomic E-state index is 0.145. The third kappa shape index (κ3) is 12.4. The van der Waals surface area contributed by atoms with Crippen molar-refractivity contribution in [2.75, 3.05) is 0 Å². The monoisotopic (exact) mass is 852 g/mol. The van der Waals surface area contributed by atoms with E-state index in [1.807, 2.05) is 0 Å². The van der Waals surface area contributed by atoms with Crippen LogP contribution in [0.4, 0.5) is 0 Å². The Morgan fingerprint density at radius 1 is 0.463 bits per heavy atom. The molecule has 0 nitrogen and oxygen atoms in total. The van der Waals surface area contributed by atoms with Gasteiger partial charge < -0.3 is 0 Å². The van der Waals surface area contributed by atoms with Gasteiger partial charge in [0.05, 0.1) is 0 Å². The van der Waals surface area contributed by atoms with Gasteiger partial charge in [-0.15, -0.1) is 69.1 Å². The van der Waals surface area contributed by atoms with Crippen molar-refractivity contribution < 1.29 is 20.8 Å². The molecule has 54 heavy (non-hydrogen) atoms. The maximum atomic E-state index is 4.93. The molecule has 0 amide bonds. The quantitative estimate of drug-likeness (QED) is 0.120. The van der Waals surface area contributed by atoms with E-state index in [9.17, 15) is 0 Å². The Labute approximate surface area is 350 Å². The molecule has 6 rings (SSSR count). The van der Waals surface area contributed by atoms with Crippen LogP contribution >= 0.6 is 17.0 Å². The number of hydrogen-bond donors (Lipinski definition) is 0. The molecule has 0 saturated heterocycles. The van der Waals surface area contributed by atoms with Crippen LogP contribution in [-0.2, 0) is 42.5 Å². The second-order valence-corrected chi connectivity index (χ2v) is 23.6.